The van der Waals surface area contributed by atoms with E-state index in [9.17, 15) is 8.42 Å². The van der Waals surface area contributed by atoms with Gasteiger partial charge in [0.05, 0.1) is 17.5 Å². The largest absolute Gasteiger partial charge is 0.309 e. The van der Waals surface area contributed by atoms with Crippen molar-refractivity contribution in [2.75, 3.05) is 11.9 Å². The molecule has 1 aliphatic heterocycles. The fraction of sp³-hybridized carbons (Fsp3) is 0.318. The van der Waals surface area contributed by atoms with Crippen molar-refractivity contribution in [3.63, 3.8) is 0 Å². The number of rotatable bonds is 6. The third-order valence-corrected chi connectivity index (χ3v) is 6.94. The van der Waals surface area contributed by atoms with Crippen molar-refractivity contribution >= 4 is 21.8 Å². The Bertz CT molecular complexity index is 1120. The van der Waals surface area contributed by atoms with E-state index in [1.807, 2.05) is 68.4 Å². The molecule has 1 N–H and O–H groups in total. The van der Waals surface area contributed by atoms with E-state index in [0.717, 1.165) is 35.5 Å². The van der Waals surface area contributed by atoms with Crippen LogP contribution in [0.15, 0.2) is 54.6 Å². The monoisotopic (exact) mass is 423 g/mol. The lowest BCUT2D eigenvalue weighted by Crippen LogP contribution is -2.32. The van der Waals surface area contributed by atoms with Crippen LogP contribution in [0.4, 0.5) is 11.8 Å². The summed E-state index contributed by atoms with van der Waals surface area (Å²) < 4.78 is 27.8. The summed E-state index contributed by atoms with van der Waals surface area (Å²) in [6, 6.07) is 16.5. The van der Waals surface area contributed by atoms with Gasteiger partial charge in [-0.3, -0.25) is 0 Å². The Labute approximate surface area is 177 Å². The molecule has 1 saturated heterocycles. The Morgan fingerprint density at radius 3 is 2.47 bits per heavy atom. The van der Waals surface area contributed by atoms with Crippen LogP contribution in [0.3, 0.4) is 0 Å². The fourth-order valence-corrected chi connectivity index (χ4v) is 5.63. The number of hydrogen-bond acceptors (Lipinski definition) is 6. The highest BCUT2D eigenvalue weighted by atomic mass is 32.2. The zero-order chi connectivity index (χ0) is 21.1. The van der Waals surface area contributed by atoms with Crippen molar-refractivity contribution in [2.24, 2.45) is 0 Å². The number of pyridine rings is 1. The summed E-state index contributed by atoms with van der Waals surface area (Å²) in [5.74, 6) is 1.08. The van der Waals surface area contributed by atoms with E-state index in [4.69, 9.17) is 0 Å². The van der Waals surface area contributed by atoms with Gasteiger partial charge in [0.15, 0.2) is 0 Å². The third kappa shape index (κ3) is 4.66. The summed E-state index contributed by atoms with van der Waals surface area (Å²) in [5.41, 5.74) is 3.27. The first-order valence-electron chi connectivity index (χ1n) is 10.0. The van der Waals surface area contributed by atoms with Gasteiger partial charge in [0.1, 0.15) is 5.82 Å². The molecule has 1 atom stereocenters. The number of aryl methyl sites for hydroxylation is 2. The molecule has 7 nitrogen and oxygen atoms in total. The molecule has 3 heterocycles. The molecule has 0 aliphatic carbocycles. The Hall–Kier alpha value is -2.84. The number of sulfonamides is 1. The zero-order valence-corrected chi connectivity index (χ0v) is 17.9. The summed E-state index contributed by atoms with van der Waals surface area (Å²) in [7, 11) is -3.45. The van der Waals surface area contributed by atoms with Crippen LogP contribution in [0.5, 0.6) is 0 Å². The molecule has 1 unspecified atom stereocenters. The van der Waals surface area contributed by atoms with Crippen LogP contribution in [0.1, 0.15) is 41.5 Å². The second kappa shape index (κ2) is 8.49. The van der Waals surface area contributed by atoms with Gasteiger partial charge in [-0.25, -0.2) is 23.4 Å². The summed E-state index contributed by atoms with van der Waals surface area (Å²) in [5, 5.41) is 3.14. The molecule has 1 fully saturated rings. The zero-order valence-electron chi connectivity index (χ0n) is 17.1. The van der Waals surface area contributed by atoms with Crippen LogP contribution in [-0.4, -0.2) is 34.2 Å². The van der Waals surface area contributed by atoms with Gasteiger partial charge in [0.2, 0.25) is 16.0 Å². The number of benzene rings is 1. The number of nitrogens with zero attached hydrogens (tertiary/aromatic N) is 4. The second-order valence-electron chi connectivity index (χ2n) is 7.56. The van der Waals surface area contributed by atoms with E-state index in [1.165, 1.54) is 0 Å². The topological polar surface area (TPSA) is 88.1 Å². The van der Waals surface area contributed by atoms with Gasteiger partial charge in [-0.05, 0) is 50.5 Å². The van der Waals surface area contributed by atoms with Gasteiger partial charge in [0, 0.05) is 17.9 Å². The lowest BCUT2D eigenvalue weighted by molar-refractivity contribution is 0.390. The second-order valence-corrected chi connectivity index (χ2v) is 9.48. The minimum atomic E-state index is -3.45. The van der Waals surface area contributed by atoms with E-state index in [-0.39, 0.29) is 11.8 Å². The predicted octanol–water partition coefficient (Wildman–Crippen LogP) is 3.90. The first kappa shape index (κ1) is 20.4. The molecular weight excluding hydrogens is 398 g/mol. The van der Waals surface area contributed by atoms with Gasteiger partial charge in [-0.1, -0.05) is 36.4 Å². The normalized spacial score (nSPS) is 17.2. The van der Waals surface area contributed by atoms with Gasteiger partial charge >= 0.3 is 0 Å². The number of aromatic nitrogens is 3. The SMILES string of the molecule is Cc1cc(C)nc(Nc2cccc(C3CCCN3S(=O)(=O)Cc3ccccc3)n2)n1. The van der Waals surface area contributed by atoms with Crippen molar-refractivity contribution < 1.29 is 8.42 Å². The summed E-state index contributed by atoms with van der Waals surface area (Å²) in [6.07, 6.45) is 1.57. The van der Waals surface area contributed by atoms with E-state index >= 15 is 0 Å². The summed E-state index contributed by atoms with van der Waals surface area (Å²) in [4.78, 5) is 13.5. The van der Waals surface area contributed by atoms with Gasteiger partial charge < -0.3 is 5.32 Å². The Morgan fingerprint density at radius 2 is 1.73 bits per heavy atom. The van der Waals surface area contributed by atoms with Crippen LogP contribution >= 0.6 is 0 Å². The standard InChI is InChI=1S/C22H25N5O2S/c1-16-14-17(2)24-22(23-16)26-21-12-6-10-19(25-21)20-11-7-13-27(20)30(28,29)15-18-8-4-3-5-9-18/h3-6,8-10,12,14,20H,7,11,13,15H2,1-2H3,(H,23,24,25,26). The van der Waals surface area contributed by atoms with Crippen molar-refractivity contribution in [1.82, 2.24) is 19.3 Å². The molecule has 1 aromatic carbocycles. The molecule has 1 aliphatic rings. The van der Waals surface area contributed by atoms with Crippen LogP contribution in [-0.2, 0) is 15.8 Å². The molecule has 0 radical (unpaired) electrons. The Balaban J connectivity index is 1.56. The van der Waals surface area contributed by atoms with Crippen molar-refractivity contribution in [1.29, 1.82) is 0 Å². The first-order chi connectivity index (χ1) is 14.4. The van der Waals surface area contributed by atoms with Crippen LogP contribution in [0, 0.1) is 13.8 Å². The molecule has 30 heavy (non-hydrogen) atoms. The molecule has 0 amide bonds. The average molecular weight is 424 g/mol. The maximum atomic E-state index is 13.1. The maximum absolute atomic E-state index is 13.1. The predicted molar refractivity (Wildman–Crippen MR) is 117 cm³/mol. The smallest absolute Gasteiger partial charge is 0.228 e. The lowest BCUT2D eigenvalue weighted by Gasteiger charge is -2.24. The Morgan fingerprint density at radius 1 is 1.00 bits per heavy atom. The van der Waals surface area contributed by atoms with E-state index in [1.54, 1.807) is 4.31 Å². The number of nitrogens with one attached hydrogen (secondary N) is 1. The highest BCUT2D eigenvalue weighted by Gasteiger charge is 2.36. The quantitative estimate of drug-likeness (QED) is 0.647. The maximum Gasteiger partial charge on any atom is 0.228 e. The Kier molecular flexibility index (Phi) is 5.78. The van der Waals surface area contributed by atoms with Gasteiger partial charge in [0.25, 0.3) is 0 Å². The van der Waals surface area contributed by atoms with Crippen LogP contribution in [0.2, 0.25) is 0 Å². The van der Waals surface area contributed by atoms with Crippen molar-refractivity contribution in [3.8, 4) is 0 Å². The molecule has 4 rings (SSSR count). The van der Waals surface area contributed by atoms with Gasteiger partial charge in [-0.2, -0.15) is 4.31 Å². The highest BCUT2D eigenvalue weighted by Crippen LogP contribution is 2.35. The fourth-order valence-electron chi connectivity index (χ4n) is 3.84. The first-order valence-corrected chi connectivity index (χ1v) is 11.6. The highest BCUT2D eigenvalue weighted by molar-refractivity contribution is 7.88. The minimum Gasteiger partial charge on any atom is -0.309 e. The van der Waals surface area contributed by atoms with Crippen molar-refractivity contribution in [3.05, 3.63) is 77.2 Å². The molecule has 3 aromatic rings. The average Bonchev–Trinajstić information content (AvgIpc) is 3.19. The van der Waals surface area contributed by atoms with E-state index in [2.05, 4.69) is 20.3 Å². The third-order valence-electron chi connectivity index (χ3n) is 5.09. The van der Waals surface area contributed by atoms with E-state index in [0.29, 0.717) is 18.3 Å². The van der Waals surface area contributed by atoms with Crippen LogP contribution < -0.4 is 5.32 Å². The molecule has 0 saturated carbocycles. The lowest BCUT2D eigenvalue weighted by atomic mass is 10.1. The summed E-state index contributed by atoms with van der Waals surface area (Å²) >= 11 is 0. The molecule has 8 heteroatoms. The molecule has 156 valence electrons. The van der Waals surface area contributed by atoms with Crippen molar-refractivity contribution in [2.45, 2.75) is 38.5 Å². The van der Waals surface area contributed by atoms with E-state index < -0.39 is 10.0 Å². The minimum absolute atomic E-state index is 0.00130. The number of hydrogen-bond donors (Lipinski definition) is 1. The molecule has 0 spiro atoms. The summed E-state index contributed by atoms with van der Waals surface area (Å²) in [6.45, 7) is 4.34. The molecular formula is C22H25N5O2S. The number of anilines is 2. The van der Waals surface area contributed by atoms with Crippen LogP contribution in [0.25, 0.3) is 0 Å². The molecule has 0 bridgehead atoms. The van der Waals surface area contributed by atoms with Gasteiger partial charge in [-0.15, -0.1) is 0 Å². The molecule has 2 aromatic heterocycles.